The number of pyridine rings is 1. The number of carbonyl (C=O) groups is 1. The molecule has 190 valence electrons. The predicted molar refractivity (Wildman–Crippen MR) is 153 cm³/mol. The summed E-state index contributed by atoms with van der Waals surface area (Å²) in [5.41, 5.74) is 8.16. The van der Waals surface area contributed by atoms with E-state index in [9.17, 15) is 4.79 Å². The first-order chi connectivity index (χ1) is 18.6. The van der Waals surface area contributed by atoms with E-state index in [1.807, 2.05) is 59.5 Å². The number of carbonyl (C=O) groups excluding carboxylic acids is 1. The van der Waals surface area contributed by atoms with E-state index in [-0.39, 0.29) is 5.91 Å². The molecule has 1 aliphatic heterocycles. The first-order valence-corrected chi connectivity index (χ1v) is 13.3. The van der Waals surface area contributed by atoms with E-state index in [0.717, 1.165) is 63.9 Å². The van der Waals surface area contributed by atoms with Crippen molar-refractivity contribution in [2.75, 3.05) is 26.2 Å². The summed E-state index contributed by atoms with van der Waals surface area (Å²) in [4.78, 5) is 22.4. The van der Waals surface area contributed by atoms with Crippen molar-refractivity contribution in [1.82, 2.24) is 19.2 Å². The van der Waals surface area contributed by atoms with E-state index >= 15 is 0 Å². The molecule has 38 heavy (non-hydrogen) atoms. The van der Waals surface area contributed by atoms with Gasteiger partial charge in [0.2, 0.25) is 0 Å². The van der Waals surface area contributed by atoms with Gasteiger partial charge in [0.05, 0.1) is 11.4 Å². The number of nitrogens with zero attached hydrogens (tertiary/aromatic N) is 4. The Balaban J connectivity index is 1.32. The van der Waals surface area contributed by atoms with Crippen LogP contribution in [0, 0.1) is 6.92 Å². The van der Waals surface area contributed by atoms with Crippen LogP contribution in [-0.2, 0) is 6.54 Å². The van der Waals surface area contributed by atoms with Gasteiger partial charge in [-0.3, -0.25) is 9.69 Å². The van der Waals surface area contributed by atoms with Crippen molar-refractivity contribution in [3.8, 4) is 22.4 Å². The molecule has 1 fully saturated rings. The molecule has 0 bridgehead atoms. The van der Waals surface area contributed by atoms with Crippen LogP contribution in [0.2, 0.25) is 5.02 Å². The summed E-state index contributed by atoms with van der Waals surface area (Å²) in [5, 5.41) is 0.728. The minimum Gasteiger partial charge on any atom is -0.336 e. The fourth-order valence-electron chi connectivity index (χ4n) is 5.13. The molecule has 1 saturated heterocycles. The van der Waals surface area contributed by atoms with Crippen molar-refractivity contribution in [2.45, 2.75) is 13.5 Å². The summed E-state index contributed by atoms with van der Waals surface area (Å²) in [7, 11) is 0. The number of halogens is 1. The average Bonchev–Trinajstić information content (AvgIpc) is 3.31. The Morgan fingerprint density at radius 1 is 0.816 bits per heavy atom. The molecule has 3 heterocycles. The van der Waals surface area contributed by atoms with Gasteiger partial charge in [-0.1, -0.05) is 77.8 Å². The molecule has 0 unspecified atom stereocenters. The van der Waals surface area contributed by atoms with Gasteiger partial charge in [0.25, 0.3) is 5.91 Å². The molecule has 0 atom stereocenters. The lowest BCUT2D eigenvalue weighted by molar-refractivity contribution is 0.0627. The van der Waals surface area contributed by atoms with Gasteiger partial charge in [-0.05, 0) is 42.8 Å². The Morgan fingerprint density at radius 3 is 2.24 bits per heavy atom. The van der Waals surface area contributed by atoms with Gasteiger partial charge >= 0.3 is 0 Å². The third-order valence-electron chi connectivity index (χ3n) is 7.28. The van der Waals surface area contributed by atoms with Crippen LogP contribution in [0.3, 0.4) is 0 Å². The van der Waals surface area contributed by atoms with Gasteiger partial charge in [0, 0.05) is 60.6 Å². The Bertz CT molecular complexity index is 1590. The largest absolute Gasteiger partial charge is 0.336 e. The van der Waals surface area contributed by atoms with Crippen LogP contribution in [0.15, 0.2) is 97.2 Å². The molecule has 5 nitrogen and oxygen atoms in total. The first kappa shape index (κ1) is 24.4. The highest BCUT2D eigenvalue weighted by molar-refractivity contribution is 6.33. The van der Waals surface area contributed by atoms with Gasteiger partial charge < -0.3 is 9.30 Å². The number of rotatable bonds is 5. The van der Waals surface area contributed by atoms with Gasteiger partial charge in [0.1, 0.15) is 5.65 Å². The highest BCUT2D eigenvalue weighted by Gasteiger charge is 2.24. The molecule has 0 radical (unpaired) electrons. The number of hydrogen-bond acceptors (Lipinski definition) is 3. The molecule has 0 N–H and O–H groups in total. The first-order valence-electron chi connectivity index (χ1n) is 13.0. The molecule has 5 aromatic rings. The second-order valence-corrected chi connectivity index (χ2v) is 10.2. The van der Waals surface area contributed by atoms with E-state index in [2.05, 4.69) is 58.8 Å². The van der Waals surface area contributed by atoms with Crippen LogP contribution in [0.5, 0.6) is 0 Å². The number of amides is 1. The van der Waals surface area contributed by atoms with E-state index in [0.29, 0.717) is 13.1 Å². The molecule has 0 spiro atoms. The van der Waals surface area contributed by atoms with Crippen LogP contribution in [0.4, 0.5) is 0 Å². The van der Waals surface area contributed by atoms with Gasteiger partial charge in [-0.15, -0.1) is 0 Å². The second kappa shape index (κ2) is 10.4. The highest BCUT2D eigenvalue weighted by Crippen LogP contribution is 2.31. The summed E-state index contributed by atoms with van der Waals surface area (Å²) in [6.45, 7) is 5.86. The highest BCUT2D eigenvalue weighted by atomic mass is 35.5. The molecule has 1 aliphatic rings. The van der Waals surface area contributed by atoms with Crippen LogP contribution in [-0.4, -0.2) is 51.3 Å². The van der Waals surface area contributed by atoms with Gasteiger partial charge in [-0.25, -0.2) is 4.98 Å². The topological polar surface area (TPSA) is 40.9 Å². The van der Waals surface area contributed by atoms with E-state index in [1.54, 1.807) is 0 Å². The maximum absolute atomic E-state index is 12.9. The number of aryl methyl sites for hydroxylation is 1. The molecule has 6 heteroatoms. The number of piperazine rings is 1. The molecule has 2 aromatic heterocycles. The maximum Gasteiger partial charge on any atom is 0.253 e. The summed E-state index contributed by atoms with van der Waals surface area (Å²) in [6.07, 6.45) is 2.14. The van der Waals surface area contributed by atoms with Crippen molar-refractivity contribution < 1.29 is 4.79 Å². The number of hydrogen-bond donors (Lipinski definition) is 0. The monoisotopic (exact) mass is 520 g/mol. The lowest BCUT2D eigenvalue weighted by Crippen LogP contribution is -2.48. The molecule has 3 aromatic carbocycles. The van der Waals surface area contributed by atoms with Crippen molar-refractivity contribution in [3.63, 3.8) is 0 Å². The summed E-state index contributed by atoms with van der Waals surface area (Å²) < 4.78 is 2.20. The standard InChI is InChI=1S/C32H29ClN4O/c1-23-11-13-24(14-12-23)31-29(22-35-17-19-36(20-18-35)32(38)25-7-3-2-4-8-25)37-21-26(15-16-30(37)34-31)27-9-5-6-10-28(27)33/h2-16,21H,17-20,22H2,1H3. The predicted octanol–water partition coefficient (Wildman–Crippen LogP) is 6.59. The lowest BCUT2D eigenvalue weighted by atomic mass is 10.1. The van der Waals surface area contributed by atoms with Gasteiger partial charge in [0.15, 0.2) is 0 Å². The zero-order chi connectivity index (χ0) is 26.1. The van der Waals surface area contributed by atoms with Crippen LogP contribution < -0.4 is 0 Å². The minimum absolute atomic E-state index is 0.102. The summed E-state index contributed by atoms with van der Waals surface area (Å²) in [6, 6.07) is 30.2. The van der Waals surface area contributed by atoms with Crippen molar-refractivity contribution in [2.24, 2.45) is 0 Å². The van der Waals surface area contributed by atoms with Crippen LogP contribution in [0.25, 0.3) is 28.0 Å². The molecule has 6 rings (SSSR count). The van der Waals surface area contributed by atoms with Crippen LogP contribution in [0.1, 0.15) is 21.6 Å². The van der Waals surface area contributed by atoms with E-state index < -0.39 is 0 Å². The van der Waals surface area contributed by atoms with Gasteiger partial charge in [-0.2, -0.15) is 0 Å². The Morgan fingerprint density at radius 2 is 1.50 bits per heavy atom. The lowest BCUT2D eigenvalue weighted by Gasteiger charge is -2.34. The fraction of sp³-hybridized carbons (Fsp3) is 0.188. The quantitative estimate of drug-likeness (QED) is 0.262. The van der Waals surface area contributed by atoms with Crippen LogP contribution >= 0.6 is 11.6 Å². The molecule has 0 saturated carbocycles. The minimum atomic E-state index is 0.102. The number of fused-ring (bicyclic) bond motifs is 1. The van der Waals surface area contributed by atoms with Crippen molar-refractivity contribution >= 4 is 23.2 Å². The van der Waals surface area contributed by atoms with Crippen molar-refractivity contribution in [1.29, 1.82) is 0 Å². The van der Waals surface area contributed by atoms with Crippen molar-refractivity contribution in [3.05, 3.63) is 119 Å². The molecular formula is C32H29ClN4O. The Hall–Kier alpha value is -3.93. The number of imidazole rings is 1. The molecule has 1 amide bonds. The molecular weight excluding hydrogens is 492 g/mol. The number of aromatic nitrogens is 2. The summed E-state index contributed by atoms with van der Waals surface area (Å²) >= 11 is 6.54. The van der Waals surface area contributed by atoms with E-state index in [1.165, 1.54) is 5.56 Å². The van der Waals surface area contributed by atoms with E-state index in [4.69, 9.17) is 16.6 Å². The number of benzene rings is 3. The summed E-state index contributed by atoms with van der Waals surface area (Å²) in [5.74, 6) is 0.102. The normalized spacial score (nSPS) is 14.2. The maximum atomic E-state index is 12.9. The Kier molecular flexibility index (Phi) is 6.71. The average molecular weight is 521 g/mol. The molecule has 0 aliphatic carbocycles. The second-order valence-electron chi connectivity index (χ2n) is 9.83. The fourth-order valence-corrected chi connectivity index (χ4v) is 5.37. The third kappa shape index (κ3) is 4.83. The zero-order valence-corrected chi connectivity index (χ0v) is 22.1. The zero-order valence-electron chi connectivity index (χ0n) is 21.3. The smallest absolute Gasteiger partial charge is 0.253 e. The SMILES string of the molecule is Cc1ccc(-c2nc3ccc(-c4ccccc4Cl)cn3c2CN2CCN(C(=O)c3ccccc3)CC2)cc1. The third-order valence-corrected chi connectivity index (χ3v) is 7.61. The Labute approximate surface area is 227 Å².